The Bertz CT molecular complexity index is 480. The van der Waals surface area contributed by atoms with E-state index in [0.29, 0.717) is 12.1 Å². The lowest BCUT2D eigenvalue weighted by Gasteiger charge is -2.02. The van der Waals surface area contributed by atoms with Gasteiger partial charge in [-0.3, -0.25) is 4.68 Å². The number of aromatic nitrogens is 3. The van der Waals surface area contributed by atoms with Crippen LogP contribution in [0, 0.1) is 0 Å². The molecule has 0 spiro atoms. The average molecular weight is 252 g/mol. The number of carbonyl (C=O) groups is 1. The molecular formula is C10H12N4O2S. The Labute approximate surface area is 102 Å². The topological polar surface area (TPSA) is 80.0 Å². The summed E-state index contributed by atoms with van der Waals surface area (Å²) in [5, 5.41) is 21.2. The number of hydrogen-bond acceptors (Lipinski definition) is 5. The molecule has 2 aromatic heterocycles. The number of thiophene rings is 1. The van der Waals surface area contributed by atoms with E-state index in [1.165, 1.54) is 11.3 Å². The summed E-state index contributed by atoms with van der Waals surface area (Å²) in [7, 11) is 0. The van der Waals surface area contributed by atoms with Gasteiger partial charge in [0.1, 0.15) is 0 Å². The fraction of sp³-hybridized carbons (Fsp3) is 0.300. The first-order valence-electron chi connectivity index (χ1n) is 5.11. The molecule has 2 rings (SSSR count). The van der Waals surface area contributed by atoms with Crippen LogP contribution in [0.5, 0.6) is 0 Å². The number of hydrogen-bond donors (Lipinski definition) is 2. The van der Waals surface area contributed by atoms with Crippen LogP contribution in [0.25, 0.3) is 0 Å². The van der Waals surface area contributed by atoms with Crippen molar-refractivity contribution in [2.75, 3.05) is 6.54 Å². The highest BCUT2D eigenvalue weighted by Crippen LogP contribution is 2.14. The van der Waals surface area contributed by atoms with Crippen molar-refractivity contribution < 1.29 is 9.90 Å². The Balaban J connectivity index is 1.72. The largest absolute Gasteiger partial charge is 0.478 e. The normalized spacial score (nSPS) is 10.6. The van der Waals surface area contributed by atoms with Crippen LogP contribution in [0.4, 0.5) is 0 Å². The van der Waals surface area contributed by atoms with Crippen molar-refractivity contribution in [3.8, 4) is 0 Å². The van der Waals surface area contributed by atoms with Gasteiger partial charge in [0.15, 0.2) is 0 Å². The van der Waals surface area contributed by atoms with Gasteiger partial charge >= 0.3 is 5.97 Å². The molecule has 0 radical (unpaired) electrons. The number of nitrogens with one attached hydrogen (secondary N) is 1. The Morgan fingerprint density at radius 1 is 1.59 bits per heavy atom. The van der Waals surface area contributed by atoms with Crippen molar-refractivity contribution in [3.63, 3.8) is 0 Å². The van der Waals surface area contributed by atoms with E-state index in [-0.39, 0.29) is 0 Å². The van der Waals surface area contributed by atoms with Crippen LogP contribution in [-0.4, -0.2) is 32.6 Å². The number of nitrogens with zero attached hydrogens (tertiary/aromatic N) is 3. The van der Waals surface area contributed by atoms with Crippen LogP contribution in [0.3, 0.4) is 0 Å². The van der Waals surface area contributed by atoms with Crippen molar-refractivity contribution >= 4 is 17.3 Å². The molecule has 6 nitrogen and oxygen atoms in total. The Kier molecular flexibility index (Phi) is 3.84. The molecular weight excluding hydrogens is 240 g/mol. The van der Waals surface area contributed by atoms with Gasteiger partial charge in [0, 0.05) is 29.5 Å². The molecule has 0 saturated carbocycles. The molecule has 0 aliphatic rings. The molecule has 0 saturated heterocycles. The molecule has 17 heavy (non-hydrogen) atoms. The van der Waals surface area contributed by atoms with E-state index in [9.17, 15) is 4.79 Å². The maximum Gasteiger partial charge on any atom is 0.336 e. The predicted octanol–water partition coefficient (Wildman–Crippen LogP) is 0.828. The van der Waals surface area contributed by atoms with Gasteiger partial charge in [0.2, 0.25) is 0 Å². The smallest absolute Gasteiger partial charge is 0.336 e. The Morgan fingerprint density at radius 3 is 3.12 bits per heavy atom. The second-order valence-electron chi connectivity index (χ2n) is 3.45. The summed E-state index contributed by atoms with van der Waals surface area (Å²) in [5.41, 5.74) is 0.350. The first-order chi connectivity index (χ1) is 8.25. The highest BCUT2D eigenvalue weighted by atomic mass is 32.1. The fourth-order valence-electron chi connectivity index (χ4n) is 1.34. The highest BCUT2D eigenvalue weighted by Gasteiger charge is 2.05. The minimum absolute atomic E-state index is 0.350. The quantitative estimate of drug-likeness (QED) is 0.744. The van der Waals surface area contributed by atoms with Crippen LogP contribution in [0.2, 0.25) is 0 Å². The summed E-state index contributed by atoms with van der Waals surface area (Å²) in [6, 6.07) is 1.69. The van der Waals surface area contributed by atoms with Gasteiger partial charge in [-0.2, -0.15) is 0 Å². The van der Waals surface area contributed by atoms with Crippen molar-refractivity contribution in [1.29, 1.82) is 0 Å². The zero-order valence-electron chi connectivity index (χ0n) is 9.04. The van der Waals surface area contributed by atoms with Crippen LogP contribution in [-0.2, 0) is 13.1 Å². The molecule has 0 aliphatic heterocycles. The minimum Gasteiger partial charge on any atom is -0.478 e. The van der Waals surface area contributed by atoms with Crippen LogP contribution < -0.4 is 5.32 Å². The lowest BCUT2D eigenvalue weighted by molar-refractivity contribution is 0.0697. The predicted molar refractivity (Wildman–Crippen MR) is 63.0 cm³/mol. The third-order valence-corrected chi connectivity index (χ3v) is 3.13. The van der Waals surface area contributed by atoms with Gasteiger partial charge in [-0.1, -0.05) is 5.21 Å². The summed E-state index contributed by atoms with van der Waals surface area (Å²) < 4.78 is 1.74. The van der Waals surface area contributed by atoms with Gasteiger partial charge in [-0.15, -0.1) is 16.4 Å². The molecule has 0 unspecified atom stereocenters. The number of rotatable bonds is 6. The zero-order chi connectivity index (χ0) is 12.1. The average Bonchev–Trinajstić information content (AvgIpc) is 2.96. The lowest BCUT2D eigenvalue weighted by atomic mass is 10.3. The van der Waals surface area contributed by atoms with Crippen molar-refractivity contribution in [1.82, 2.24) is 20.3 Å². The summed E-state index contributed by atoms with van der Waals surface area (Å²) in [6.45, 7) is 2.19. The molecule has 0 bridgehead atoms. The van der Waals surface area contributed by atoms with Gasteiger partial charge in [0.25, 0.3) is 0 Å². The van der Waals surface area contributed by atoms with E-state index in [1.54, 1.807) is 28.5 Å². The van der Waals surface area contributed by atoms with Gasteiger partial charge in [-0.05, 0) is 6.07 Å². The summed E-state index contributed by atoms with van der Waals surface area (Å²) in [6.07, 6.45) is 3.44. The van der Waals surface area contributed by atoms with Crippen LogP contribution >= 0.6 is 11.3 Å². The summed E-state index contributed by atoms with van der Waals surface area (Å²) >= 11 is 1.45. The van der Waals surface area contributed by atoms with Gasteiger partial charge < -0.3 is 10.4 Å². The van der Waals surface area contributed by atoms with E-state index >= 15 is 0 Å². The SMILES string of the molecule is O=C(O)c1csc(CNCCn2ccnn2)c1. The minimum atomic E-state index is -0.880. The molecule has 90 valence electrons. The third-order valence-electron chi connectivity index (χ3n) is 2.19. The first-order valence-corrected chi connectivity index (χ1v) is 5.99. The van der Waals surface area contributed by atoms with Gasteiger partial charge in [0.05, 0.1) is 18.3 Å². The summed E-state index contributed by atoms with van der Waals surface area (Å²) in [4.78, 5) is 11.7. The molecule has 2 heterocycles. The van der Waals surface area contributed by atoms with Crippen molar-refractivity contribution in [2.24, 2.45) is 0 Å². The molecule has 2 aromatic rings. The second kappa shape index (κ2) is 5.55. The number of aromatic carboxylic acids is 1. The van der Waals surface area contributed by atoms with Gasteiger partial charge in [-0.25, -0.2) is 4.79 Å². The zero-order valence-corrected chi connectivity index (χ0v) is 9.85. The molecule has 2 N–H and O–H groups in total. The van der Waals surface area contributed by atoms with Crippen molar-refractivity contribution in [2.45, 2.75) is 13.1 Å². The molecule has 0 aromatic carbocycles. The van der Waals surface area contributed by atoms with Crippen LogP contribution in [0.15, 0.2) is 23.8 Å². The first kappa shape index (κ1) is 11.7. The van der Waals surface area contributed by atoms with E-state index in [1.807, 2.05) is 0 Å². The maximum atomic E-state index is 10.7. The highest BCUT2D eigenvalue weighted by molar-refractivity contribution is 7.10. The third kappa shape index (κ3) is 3.36. The Hall–Kier alpha value is -1.73. The van der Waals surface area contributed by atoms with E-state index in [2.05, 4.69) is 15.6 Å². The molecule has 0 atom stereocenters. The molecule has 7 heteroatoms. The standard InChI is InChI=1S/C10H12N4O2S/c15-10(16)8-5-9(17-7-8)6-11-1-3-14-4-2-12-13-14/h2,4-5,7,11H,1,3,6H2,(H,15,16). The number of carboxylic acids is 1. The van der Waals surface area contributed by atoms with Crippen LogP contribution in [0.1, 0.15) is 15.2 Å². The monoisotopic (exact) mass is 252 g/mol. The van der Waals surface area contributed by atoms with E-state index < -0.39 is 5.97 Å². The Morgan fingerprint density at radius 2 is 2.47 bits per heavy atom. The van der Waals surface area contributed by atoms with E-state index in [0.717, 1.165) is 18.0 Å². The maximum absolute atomic E-state index is 10.7. The van der Waals surface area contributed by atoms with Crippen molar-refractivity contribution in [3.05, 3.63) is 34.3 Å². The second-order valence-corrected chi connectivity index (χ2v) is 4.45. The molecule has 0 fully saturated rings. The number of carboxylic acid groups (broad SMARTS) is 1. The lowest BCUT2D eigenvalue weighted by Crippen LogP contribution is -2.19. The summed E-state index contributed by atoms with van der Waals surface area (Å²) in [5.74, 6) is -0.880. The molecule has 0 aliphatic carbocycles. The molecule has 0 amide bonds. The van der Waals surface area contributed by atoms with E-state index in [4.69, 9.17) is 5.11 Å². The fourth-order valence-corrected chi connectivity index (χ4v) is 2.17.